The van der Waals surface area contributed by atoms with Gasteiger partial charge in [-0.25, -0.2) is 0 Å². The predicted molar refractivity (Wildman–Crippen MR) is 106 cm³/mol. The lowest BCUT2D eigenvalue weighted by Crippen LogP contribution is -2.50. The van der Waals surface area contributed by atoms with Crippen LogP contribution < -0.4 is 10.6 Å². The summed E-state index contributed by atoms with van der Waals surface area (Å²) in [4.78, 5) is 6.99. The van der Waals surface area contributed by atoms with Gasteiger partial charge in [0, 0.05) is 26.2 Å². The normalized spacial score (nSPS) is 34.5. The number of guanidine groups is 1. The molecule has 23 heavy (non-hydrogen) atoms. The van der Waals surface area contributed by atoms with Crippen molar-refractivity contribution in [1.82, 2.24) is 15.5 Å². The minimum atomic E-state index is 0. The number of hydrogen-bond donors (Lipinski definition) is 2. The van der Waals surface area contributed by atoms with Crippen LogP contribution in [0.25, 0.3) is 0 Å². The summed E-state index contributed by atoms with van der Waals surface area (Å²) < 4.78 is 5.91. The number of halogens is 1. The van der Waals surface area contributed by atoms with Crippen molar-refractivity contribution in [1.29, 1.82) is 0 Å². The smallest absolute Gasteiger partial charge is 0.191 e. The Labute approximate surface area is 158 Å². The number of hydrogen-bond acceptors (Lipinski definition) is 3. The van der Waals surface area contributed by atoms with Crippen LogP contribution in [0.3, 0.4) is 0 Å². The Balaban J connectivity index is 0.00000192. The SMILES string of the molecule is CN=C(NCC1CCCN(C(C)C)C1)NC1CC2CCC1O2.I. The van der Waals surface area contributed by atoms with E-state index in [-0.39, 0.29) is 24.0 Å². The summed E-state index contributed by atoms with van der Waals surface area (Å²) >= 11 is 0. The van der Waals surface area contributed by atoms with Crippen molar-refractivity contribution < 1.29 is 4.74 Å². The molecule has 3 aliphatic rings. The Morgan fingerprint density at radius 3 is 2.74 bits per heavy atom. The van der Waals surface area contributed by atoms with Gasteiger partial charge in [0.1, 0.15) is 0 Å². The van der Waals surface area contributed by atoms with E-state index in [1.807, 2.05) is 7.05 Å². The van der Waals surface area contributed by atoms with Gasteiger partial charge in [0.2, 0.25) is 0 Å². The standard InChI is InChI=1S/C17H32N4O.HI/c1-12(2)21-8-4-5-13(11-21)10-19-17(18-3)20-15-9-14-6-7-16(15)22-14;/h12-16H,4-11H2,1-3H3,(H2,18,19,20);1H. The predicted octanol–water partition coefficient (Wildman–Crippen LogP) is 2.21. The number of likely N-dealkylation sites (tertiary alicyclic amines) is 1. The zero-order valence-corrected chi connectivity index (χ0v) is 17.1. The molecule has 0 aliphatic carbocycles. The molecule has 0 aromatic rings. The summed E-state index contributed by atoms with van der Waals surface area (Å²) in [6, 6.07) is 1.11. The van der Waals surface area contributed by atoms with Crippen LogP contribution >= 0.6 is 24.0 Å². The Kier molecular flexibility index (Phi) is 7.41. The molecule has 2 bridgehead atoms. The maximum Gasteiger partial charge on any atom is 0.191 e. The summed E-state index contributed by atoms with van der Waals surface area (Å²) in [6.07, 6.45) is 7.10. The summed E-state index contributed by atoms with van der Waals surface area (Å²) in [7, 11) is 1.87. The van der Waals surface area contributed by atoms with Crippen LogP contribution in [0.15, 0.2) is 4.99 Å². The second-order valence-corrected chi connectivity index (χ2v) is 7.41. The van der Waals surface area contributed by atoms with Gasteiger partial charge >= 0.3 is 0 Å². The molecule has 0 radical (unpaired) electrons. The van der Waals surface area contributed by atoms with Gasteiger partial charge in [-0.3, -0.25) is 4.99 Å². The first-order valence-corrected chi connectivity index (χ1v) is 9.02. The highest BCUT2D eigenvalue weighted by atomic mass is 127. The summed E-state index contributed by atoms with van der Waals surface area (Å²) in [6.45, 7) is 8.07. The fourth-order valence-corrected chi connectivity index (χ4v) is 4.13. The highest BCUT2D eigenvalue weighted by Gasteiger charge is 2.41. The molecule has 5 nitrogen and oxygen atoms in total. The van der Waals surface area contributed by atoms with Gasteiger partial charge in [0.15, 0.2) is 5.96 Å². The number of ether oxygens (including phenoxy) is 1. The second kappa shape index (κ2) is 8.85. The molecule has 4 atom stereocenters. The van der Waals surface area contributed by atoms with Gasteiger partial charge in [-0.05, 0) is 58.4 Å². The van der Waals surface area contributed by atoms with Crippen LogP contribution in [0.1, 0.15) is 46.0 Å². The van der Waals surface area contributed by atoms with Crippen molar-refractivity contribution in [2.24, 2.45) is 10.9 Å². The lowest BCUT2D eigenvalue weighted by Gasteiger charge is -2.35. The van der Waals surface area contributed by atoms with E-state index in [0.717, 1.165) is 24.8 Å². The Morgan fingerprint density at radius 2 is 2.13 bits per heavy atom. The third-order valence-electron chi connectivity index (χ3n) is 5.49. The van der Waals surface area contributed by atoms with E-state index in [2.05, 4.69) is 34.4 Å². The quantitative estimate of drug-likeness (QED) is 0.403. The second-order valence-electron chi connectivity index (χ2n) is 7.41. The van der Waals surface area contributed by atoms with Crippen molar-refractivity contribution in [3.8, 4) is 0 Å². The largest absolute Gasteiger partial charge is 0.373 e. The van der Waals surface area contributed by atoms with Crippen molar-refractivity contribution in [3.05, 3.63) is 0 Å². The molecule has 3 rings (SSSR count). The van der Waals surface area contributed by atoms with E-state index >= 15 is 0 Å². The molecule has 3 heterocycles. The minimum absolute atomic E-state index is 0. The van der Waals surface area contributed by atoms with Crippen LogP contribution in [-0.2, 0) is 4.74 Å². The molecular formula is C17H33IN4O. The molecule has 0 aromatic heterocycles. The highest BCUT2D eigenvalue weighted by molar-refractivity contribution is 14.0. The first-order valence-electron chi connectivity index (χ1n) is 9.02. The third-order valence-corrected chi connectivity index (χ3v) is 5.49. The lowest BCUT2D eigenvalue weighted by molar-refractivity contribution is 0.0991. The van der Waals surface area contributed by atoms with Crippen LogP contribution in [-0.4, -0.2) is 61.8 Å². The van der Waals surface area contributed by atoms with Crippen LogP contribution in [0.5, 0.6) is 0 Å². The molecular weight excluding hydrogens is 403 g/mol. The van der Waals surface area contributed by atoms with Gasteiger partial charge in [0.05, 0.1) is 18.2 Å². The molecule has 3 aliphatic heterocycles. The zero-order valence-electron chi connectivity index (χ0n) is 14.8. The number of fused-ring (bicyclic) bond motifs is 2. The highest BCUT2D eigenvalue weighted by Crippen LogP contribution is 2.34. The Bertz CT molecular complexity index is 404. The molecule has 3 fully saturated rings. The zero-order chi connectivity index (χ0) is 15.5. The van der Waals surface area contributed by atoms with Crippen molar-refractivity contribution in [3.63, 3.8) is 0 Å². The van der Waals surface area contributed by atoms with Gasteiger partial charge in [-0.2, -0.15) is 0 Å². The van der Waals surface area contributed by atoms with E-state index in [4.69, 9.17) is 4.74 Å². The van der Waals surface area contributed by atoms with Gasteiger partial charge in [-0.15, -0.1) is 24.0 Å². The summed E-state index contributed by atoms with van der Waals surface area (Å²) in [5.41, 5.74) is 0. The Hall–Kier alpha value is -0.0800. The maximum atomic E-state index is 5.91. The molecule has 0 spiro atoms. The molecule has 0 saturated carbocycles. The number of nitrogens with one attached hydrogen (secondary N) is 2. The monoisotopic (exact) mass is 436 g/mol. The fourth-order valence-electron chi connectivity index (χ4n) is 4.13. The summed E-state index contributed by atoms with van der Waals surface area (Å²) in [5, 5.41) is 7.11. The molecule has 0 aromatic carbocycles. The van der Waals surface area contributed by atoms with Gasteiger partial charge in [0.25, 0.3) is 0 Å². The molecule has 4 unspecified atom stereocenters. The van der Waals surface area contributed by atoms with Crippen molar-refractivity contribution >= 4 is 29.9 Å². The molecule has 6 heteroatoms. The van der Waals surface area contributed by atoms with Crippen LogP contribution in [0, 0.1) is 5.92 Å². The number of nitrogens with zero attached hydrogens (tertiary/aromatic N) is 2. The van der Waals surface area contributed by atoms with E-state index in [1.54, 1.807) is 0 Å². The number of aliphatic imine (C=N–C) groups is 1. The van der Waals surface area contributed by atoms with E-state index < -0.39 is 0 Å². The molecule has 134 valence electrons. The average molecular weight is 436 g/mol. The lowest BCUT2D eigenvalue weighted by atomic mass is 9.95. The number of rotatable bonds is 4. The summed E-state index contributed by atoms with van der Waals surface area (Å²) in [5.74, 6) is 1.67. The van der Waals surface area contributed by atoms with E-state index in [0.29, 0.717) is 24.3 Å². The maximum absolute atomic E-state index is 5.91. The molecule has 3 saturated heterocycles. The Morgan fingerprint density at radius 1 is 1.30 bits per heavy atom. The third kappa shape index (κ3) is 4.95. The first-order chi connectivity index (χ1) is 10.7. The fraction of sp³-hybridized carbons (Fsp3) is 0.941. The van der Waals surface area contributed by atoms with Gasteiger partial charge in [-0.1, -0.05) is 0 Å². The molecule has 0 amide bonds. The average Bonchev–Trinajstić information content (AvgIpc) is 3.14. The van der Waals surface area contributed by atoms with Crippen LogP contribution in [0.4, 0.5) is 0 Å². The molecule has 2 N–H and O–H groups in total. The minimum Gasteiger partial charge on any atom is -0.373 e. The van der Waals surface area contributed by atoms with E-state index in [1.165, 1.54) is 38.8 Å². The van der Waals surface area contributed by atoms with Crippen molar-refractivity contribution in [2.45, 2.75) is 70.2 Å². The van der Waals surface area contributed by atoms with Crippen molar-refractivity contribution in [2.75, 3.05) is 26.7 Å². The van der Waals surface area contributed by atoms with Gasteiger partial charge < -0.3 is 20.3 Å². The topological polar surface area (TPSA) is 48.9 Å². The van der Waals surface area contributed by atoms with E-state index in [9.17, 15) is 0 Å². The van der Waals surface area contributed by atoms with Crippen LogP contribution in [0.2, 0.25) is 0 Å². The number of piperidine rings is 1. The first kappa shape index (κ1) is 19.2.